The average molecular weight is 461 g/mol. The lowest BCUT2D eigenvalue weighted by Crippen LogP contribution is -2.48. The van der Waals surface area contributed by atoms with Gasteiger partial charge >= 0.3 is 0 Å². The van der Waals surface area contributed by atoms with E-state index in [9.17, 15) is 8.42 Å². The number of sulfone groups is 1. The minimum absolute atomic E-state index is 0.0658. The van der Waals surface area contributed by atoms with Gasteiger partial charge in [-0.3, -0.25) is 14.9 Å². The van der Waals surface area contributed by atoms with E-state index in [0.29, 0.717) is 16.3 Å². The topological polar surface area (TPSA) is 78.5 Å². The molecule has 2 bridgehead atoms. The summed E-state index contributed by atoms with van der Waals surface area (Å²) in [4.78, 5) is 4.94. The van der Waals surface area contributed by atoms with E-state index in [4.69, 9.17) is 4.74 Å². The van der Waals surface area contributed by atoms with Crippen molar-refractivity contribution in [3.63, 3.8) is 0 Å². The Hall–Kier alpha value is -1.90. The Bertz CT molecular complexity index is 981. The van der Waals surface area contributed by atoms with E-state index < -0.39 is 9.84 Å². The van der Waals surface area contributed by atoms with Crippen LogP contribution in [0.2, 0.25) is 0 Å². The lowest BCUT2D eigenvalue weighted by Gasteiger charge is -2.38. The molecule has 2 fully saturated rings. The standard InChI is InChI=1S/C24H36N4O3S/c1-5-27(6-2)15-19-7-11-22(12-8-19)31-23-13-20-9-10-21(14-23)28(20)16-32(29,30)24-17(3)25-26-18(24)4/h7-8,11-12,20-21,23H,5-6,9-10,13-16H2,1-4H3,(H,25,26)/t20-,21+,23?. The molecule has 0 spiro atoms. The second kappa shape index (κ2) is 9.53. The lowest BCUT2D eigenvalue weighted by atomic mass is 10.0. The van der Waals surface area contributed by atoms with Crippen molar-refractivity contribution in [1.82, 2.24) is 20.0 Å². The Balaban J connectivity index is 1.37. The molecule has 2 aromatic rings. The van der Waals surface area contributed by atoms with Gasteiger partial charge in [0.15, 0.2) is 9.84 Å². The first kappa shape index (κ1) is 23.3. The van der Waals surface area contributed by atoms with Crippen molar-refractivity contribution >= 4 is 9.84 Å². The molecule has 176 valence electrons. The van der Waals surface area contributed by atoms with Crippen molar-refractivity contribution in [1.29, 1.82) is 0 Å². The number of benzene rings is 1. The maximum atomic E-state index is 13.1. The summed E-state index contributed by atoms with van der Waals surface area (Å²) in [7, 11) is -3.41. The molecule has 0 saturated carbocycles. The Morgan fingerprint density at radius 2 is 1.72 bits per heavy atom. The van der Waals surface area contributed by atoms with Gasteiger partial charge < -0.3 is 4.74 Å². The second-order valence-electron chi connectivity index (χ2n) is 9.22. The number of nitrogens with zero attached hydrogens (tertiary/aromatic N) is 3. The van der Waals surface area contributed by atoms with Crippen LogP contribution in [-0.4, -0.2) is 65.6 Å². The number of nitrogens with one attached hydrogen (secondary N) is 1. The van der Waals surface area contributed by atoms with Gasteiger partial charge in [-0.2, -0.15) is 5.10 Å². The molecule has 0 aliphatic carbocycles. The Labute approximate surface area is 192 Å². The number of aromatic nitrogens is 2. The van der Waals surface area contributed by atoms with E-state index in [1.807, 2.05) is 0 Å². The minimum Gasteiger partial charge on any atom is -0.490 e. The third-order valence-corrected chi connectivity index (χ3v) is 8.92. The van der Waals surface area contributed by atoms with Crippen LogP contribution in [0.1, 0.15) is 56.5 Å². The first-order chi connectivity index (χ1) is 15.3. The SMILES string of the molecule is CCN(CC)Cc1ccc(OC2C[C@H]3CC[C@@H](C2)N3CS(=O)(=O)c2c(C)n[nH]c2C)cc1. The average Bonchev–Trinajstić information content (AvgIpc) is 3.21. The number of aryl methyl sites for hydroxylation is 2. The van der Waals surface area contributed by atoms with Crippen molar-refractivity contribution in [2.75, 3.05) is 19.0 Å². The Kier molecular flexibility index (Phi) is 6.93. The number of H-pyrrole nitrogens is 1. The number of fused-ring (bicyclic) bond motifs is 2. The molecule has 32 heavy (non-hydrogen) atoms. The van der Waals surface area contributed by atoms with Crippen LogP contribution in [0.4, 0.5) is 0 Å². The molecule has 1 aromatic carbocycles. The van der Waals surface area contributed by atoms with Crippen LogP contribution in [0, 0.1) is 13.8 Å². The zero-order valence-electron chi connectivity index (χ0n) is 19.7. The predicted molar refractivity (Wildman–Crippen MR) is 125 cm³/mol. The van der Waals surface area contributed by atoms with Crippen LogP contribution in [-0.2, 0) is 16.4 Å². The predicted octanol–water partition coefficient (Wildman–Crippen LogP) is 3.67. The van der Waals surface area contributed by atoms with E-state index in [2.05, 4.69) is 58.1 Å². The van der Waals surface area contributed by atoms with Crippen LogP contribution in [0.5, 0.6) is 5.75 Å². The molecule has 2 aliphatic heterocycles. The largest absolute Gasteiger partial charge is 0.490 e. The molecule has 2 saturated heterocycles. The first-order valence-corrected chi connectivity index (χ1v) is 13.4. The van der Waals surface area contributed by atoms with Gasteiger partial charge in [0.1, 0.15) is 22.6 Å². The fraction of sp³-hybridized carbons (Fsp3) is 0.625. The highest BCUT2D eigenvalue weighted by Gasteiger charge is 2.43. The number of piperidine rings is 1. The molecule has 8 heteroatoms. The van der Waals surface area contributed by atoms with Gasteiger partial charge in [0.2, 0.25) is 0 Å². The summed E-state index contributed by atoms with van der Waals surface area (Å²) in [5.74, 6) is 0.972. The van der Waals surface area contributed by atoms with Crippen molar-refractivity contribution in [2.24, 2.45) is 0 Å². The van der Waals surface area contributed by atoms with Crippen LogP contribution in [0.25, 0.3) is 0 Å². The summed E-state index contributed by atoms with van der Waals surface area (Å²) < 4.78 is 32.6. The van der Waals surface area contributed by atoms with E-state index in [-0.39, 0.29) is 24.1 Å². The molecule has 1 aromatic heterocycles. The van der Waals surface area contributed by atoms with E-state index in [1.54, 1.807) is 13.8 Å². The summed E-state index contributed by atoms with van der Waals surface area (Å²) in [5.41, 5.74) is 2.47. The molecule has 0 amide bonds. The lowest BCUT2D eigenvalue weighted by molar-refractivity contribution is 0.0609. The maximum Gasteiger partial charge on any atom is 0.195 e. The summed E-state index contributed by atoms with van der Waals surface area (Å²) >= 11 is 0. The highest BCUT2D eigenvalue weighted by Crippen LogP contribution is 2.38. The van der Waals surface area contributed by atoms with Gasteiger partial charge in [0, 0.05) is 18.6 Å². The van der Waals surface area contributed by atoms with Crippen molar-refractivity contribution in [3.8, 4) is 5.75 Å². The molecule has 1 unspecified atom stereocenters. The number of rotatable bonds is 9. The molecular formula is C24H36N4O3S. The molecular weight excluding hydrogens is 424 g/mol. The fourth-order valence-electron chi connectivity index (χ4n) is 5.36. The third kappa shape index (κ3) is 4.87. The molecule has 4 rings (SSSR count). The third-order valence-electron chi connectivity index (χ3n) is 7.06. The minimum atomic E-state index is -3.41. The van der Waals surface area contributed by atoms with Crippen LogP contribution in [0.3, 0.4) is 0 Å². The summed E-state index contributed by atoms with van der Waals surface area (Å²) in [6.07, 6.45) is 3.95. The van der Waals surface area contributed by atoms with Crippen LogP contribution >= 0.6 is 0 Å². The number of ether oxygens (including phenoxy) is 1. The highest BCUT2D eigenvalue weighted by molar-refractivity contribution is 7.91. The van der Waals surface area contributed by atoms with Crippen LogP contribution in [0.15, 0.2) is 29.2 Å². The fourth-order valence-corrected chi connectivity index (χ4v) is 7.31. The molecule has 0 radical (unpaired) electrons. The quantitative estimate of drug-likeness (QED) is 0.615. The zero-order valence-corrected chi connectivity index (χ0v) is 20.5. The van der Waals surface area contributed by atoms with E-state index in [0.717, 1.165) is 51.1 Å². The van der Waals surface area contributed by atoms with Crippen LogP contribution < -0.4 is 4.74 Å². The van der Waals surface area contributed by atoms with Gasteiger partial charge in [-0.1, -0.05) is 26.0 Å². The van der Waals surface area contributed by atoms with Crippen molar-refractivity contribution < 1.29 is 13.2 Å². The van der Waals surface area contributed by atoms with Gasteiger partial charge in [0.25, 0.3) is 0 Å². The molecule has 7 nitrogen and oxygen atoms in total. The summed E-state index contributed by atoms with van der Waals surface area (Å²) in [6.45, 7) is 10.9. The van der Waals surface area contributed by atoms with E-state index >= 15 is 0 Å². The number of hydrogen-bond donors (Lipinski definition) is 1. The first-order valence-electron chi connectivity index (χ1n) is 11.8. The van der Waals surface area contributed by atoms with Gasteiger partial charge in [-0.05, 0) is 70.3 Å². The smallest absolute Gasteiger partial charge is 0.195 e. The van der Waals surface area contributed by atoms with Gasteiger partial charge in [-0.25, -0.2) is 8.42 Å². The van der Waals surface area contributed by atoms with Crippen molar-refractivity contribution in [3.05, 3.63) is 41.2 Å². The molecule has 2 aliphatic rings. The van der Waals surface area contributed by atoms with Gasteiger partial charge in [0.05, 0.1) is 11.4 Å². The van der Waals surface area contributed by atoms with Crippen molar-refractivity contribution in [2.45, 2.75) is 83.0 Å². The molecule has 1 N–H and O–H groups in total. The highest BCUT2D eigenvalue weighted by atomic mass is 32.2. The Morgan fingerprint density at radius 1 is 1.09 bits per heavy atom. The number of aromatic amines is 1. The summed E-state index contributed by atoms with van der Waals surface area (Å²) in [5, 5.41) is 6.88. The van der Waals surface area contributed by atoms with Gasteiger partial charge in [-0.15, -0.1) is 0 Å². The molecule has 3 atom stereocenters. The second-order valence-corrected chi connectivity index (χ2v) is 11.1. The normalized spacial score (nSPS) is 23.7. The monoisotopic (exact) mass is 460 g/mol. The number of hydrogen-bond acceptors (Lipinski definition) is 6. The van der Waals surface area contributed by atoms with E-state index in [1.165, 1.54) is 5.56 Å². The maximum absolute atomic E-state index is 13.1. The zero-order chi connectivity index (χ0) is 22.9. The summed E-state index contributed by atoms with van der Waals surface area (Å²) in [6, 6.07) is 8.95. The molecule has 3 heterocycles. The Morgan fingerprint density at radius 3 is 2.25 bits per heavy atom.